The fraction of sp³-hybridized carbons (Fsp3) is 0.200. The molecule has 0 N–H and O–H groups in total. The molecule has 0 radical (unpaired) electrons. The van der Waals surface area contributed by atoms with Crippen molar-refractivity contribution in [2.75, 3.05) is 6.61 Å². The molecule has 0 saturated carbocycles. The Balaban J connectivity index is 0.000000232. The molecule has 92 valence electrons. The summed E-state index contributed by atoms with van der Waals surface area (Å²) in [7, 11) is 0. The van der Waals surface area contributed by atoms with Gasteiger partial charge in [0.05, 0.1) is 18.2 Å². The van der Waals surface area contributed by atoms with Crippen molar-refractivity contribution >= 4 is 16.7 Å². The lowest BCUT2D eigenvalue weighted by molar-refractivity contribution is -0.140. The molecule has 0 saturated heterocycles. The van der Waals surface area contributed by atoms with Gasteiger partial charge in [-0.15, -0.1) is 0 Å². The first-order chi connectivity index (χ1) is 8.67. The van der Waals surface area contributed by atoms with Gasteiger partial charge in [-0.3, -0.25) is 4.79 Å². The highest BCUT2D eigenvalue weighted by molar-refractivity contribution is 5.83. The number of esters is 1. The molecule has 3 heteroatoms. The Kier molecular flexibility index (Phi) is 5.40. The Morgan fingerprint density at radius 3 is 2.39 bits per heavy atom. The summed E-state index contributed by atoms with van der Waals surface area (Å²) in [5.41, 5.74) is 0.716. The van der Waals surface area contributed by atoms with Crippen molar-refractivity contribution in [1.29, 1.82) is 5.26 Å². The van der Waals surface area contributed by atoms with E-state index in [-0.39, 0.29) is 5.97 Å². The SMILES string of the molecule is CCOC(C)=O.N#Cc1ccc2ccccc2c1. The van der Waals surface area contributed by atoms with Gasteiger partial charge < -0.3 is 4.74 Å². The van der Waals surface area contributed by atoms with E-state index < -0.39 is 0 Å². The van der Waals surface area contributed by atoms with Crippen LogP contribution in [0.15, 0.2) is 42.5 Å². The molecule has 3 nitrogen and oxygen atoms in total. The van der Waals surface area contributed by atoms with E-state index in [1.54, 1.807) is 6.92 Å². The minimum Gasteiger partial charge on any atom is -0.466 e. The lowest BCUT2D eigenvalue weighted by Gasteiger charge is -1.95. The molecule has 0 heterocycles. The third-order valence-corrected chi connectivity index (χ3v) is 2.23. The average Bonchev–Trinajstić information content (AvgIpc) is 2.38. The van der Waals surface area contributed by atoms with Gasteiger partial charge in [0.2, 0.25) is 0 Å². The van der Waals surface area contributed by atoms with Gasteiger partial charge in [-0.2, -0.15) is 5.26 Å². The summed E-state index contributed by atoms with van der Waals surface area (Å²) in [4.78, 5) is 9.82. The molecule has 0 aromatic heterocycles. The van der Waals surface area contributed by atoms with Gasteiger partial charge in [0.15, 0.2) is 0 Å². The number of carbonyl (C=O) groups is 1. The Morgan fingerprint density at radius 2 is 1.89 bits per heavy atom. The normalized spacial score (nSPS) is 8.94. The summed E-state index contributed by atoms with van der Waals surface area (Å²) in [6, 6.07) is 15.8. The van der Waals surface area contributed by atoms with Crippen LogP contribution in [-0.4, -0.2) is 12.6 Å². The van der Waals surface area contributed by atoms with Crippen molar-refractivity contribution in [3.05, 3.63) is 48.0 Å². The van der Waals surface area contributed by atoms with Crippen LogP contribution in [-0.2, 0) is 9.53 Å². The largest absolute Gasteiger partial charge is 0.466 e. The molecule has 2 rings (SSSR count). The Bertz CT molecular complexity index is 570. The topological polar surface area (TPSA) is 50.1 Å². The molecule has 0 aliphatic carbocycles. The van der Waals surface area contributed by atoms with Crippen molar-refractivity contribution in [3.8, 4) is 6.07 Å². The van der Waals surface area contributed by atoms with E-state index in [4.69, 9.17) is 5.26 Å². The molecule has 0 amide bonds. The Morgan fingerprint density at radius 1 is 1.22 bits per heavy atom. The molecular weight excluding hydrogens is 226 g/mol. The third kappa shape index (κ3) is 4.26. The summed E-state index contributed by atoms with van der Waals surface area (Å²) in [5, 5.41) is 10.9. The average molecular weight is 241 g/mol. The summed E-state index contributed by atoms with van der Waals surface area (Å²) in [6.45, 7) is 3.65. The van der Waals surface area contributed by atoms with Crippen LogP contribution in [0.25, 0.3) is 10.8 Å². The zero-order chi connectivity index (χ0) is 13.4. The number of benzene rings is 2. The highest BCUT2D eigenvalue weighted by Crippen LogP contribution is 2.14. The first-order valence-electron chi connectivity index (χ1n) is 5.69. The van der Waals surface area contributed by atoms with E-state index in [1.165, 1.54) is 12.3 Å². The van der Waals surface area contributed by atoms with Crippen LogP contribution in [0.4, 0.5) is 0 Å². The van der Waals surface area contributed by atoms with E-state index in [1.807, 2.05) is 42.5 Å². The van der Waals surface area contributed by atoms with Gasteiger partial charge in [0.1, 0.15) is 0 Å². The maximum atomic E-state index is 9.82. The summed E-state index contributed by atoms with van der Waals surface area (Å²) < 4.78 is 4.40. The molecule has 0 aliphatic heterocycles. The second-order valence-corrected chi connectivity index (χ2v) is 3.60. The van der Waals surface area contributed by atoms with E-state index >= 15 is 0 Å². The van der Waals surface area contributed by atoms with E-state index in [9.17, 15) is 4.79 Å². The second-order valence-electron chi connectivity index (χ2n) is 3.60. The van der Waals surface area contributed by atoms with Crippen molar-refractivity contribution in [1.82, 2.24) is 0 Å². The third-order valence-electron chi connectivity index (χ3n) is 2.23. The van der Waals surface area contributed by atoms with Gasteiger partial charge in [0.25, 0.3) is 0 Å². The molecule has 0 aliphatic rings. The number of fused-ring (bicyclic) bond motifs is 1. The molecule has 2 aromatic rings. The zero-order valence-corrected chi connectivity index (χ0v) is 10.5. The summed E-state index contributed by atoms with van der Waals surface area (Å²) >= 11 is 0. The van der Waals surface area contributed by atoms with E-state index in [0.717, 1.165) is 5.39 Å². The maximum Gasteiger partial charge on any atom is 0.302 e. The van der Waals surface area contributed by atoms with Crippen LogP contribution in [0.1, 0.15) is 19.4 Å². The number of hydrogen-bond acceptors (Lipinski definition) is 3. The van der Waals surface area contributed by atoms with Crippen LogP contribution in [0.3, 0.4) is 0 Å². The molecule has 0 bridgehead atoms. The van der Waals surface area contributed by atoms with Crippen molar-refractivity contribution < 1.29 is 9.53 Å². The smallest absolute Gasteiger partial charge is 0.302 e. The molecule has 18 heavy (non-hydrogen) atoms. The predicted molar refractivity (Wildman–Crippen MR) is 71.0 cm³/mol. The van der Waals surface area contributed by atoms with Gasteiger partial charge >= 0.3 is 5.97 Å². The number of carbonyl (C=O) groups excluding carboxylic acids is 1. The van der Waals surface area contributed by atoms with Gasteiger partial charge in [0, 0.05) is 6.92 Å². The lowest BCUT2D eigenvalue weighted by atomic mass is 10.1. The van der Waals surface area contributed by atoms with Crippen LogP contribution >= 0.6 is 0 Å². The van der Waals surface area contributed by atoms with Gasteiger partial charge in [-0.05, 0) is 29.8 Å². The van der Waals surface area contributed by atoms with Crippen molar-refractivity contribution in [2.24, 2.45) is 0 Å². The highest BCUT2D eigenvalue weighted by Gasteiger charge is 1.92. The van der Waals surface area contributed by atoms with Crippen LogP contribution in [0.2, 0.25) is 0 Å². The molecule has 0 fully saturated rings. The fourth-order valence-corrected chi connectivity index (χ4v) is 1.46. The number of ether oxygens (including phenoxy) is 1. The van der Waals surface area contributed by atoms with Gasteiger partial charge in [-0.25, -0.2) is 0 Å². The highest BCUT2D eigenvalue weighted by atomic mass is 16.5. The molecular formula is C15H15NO2. The van der Waals surface area contributed by atoms with Crippen molar-refractivity contribution in [2.45, 2.75) is 13.8 Å². The number of nitriles is 1. The number of hydrogen-bond donors (Lipinski definition) is 0. The maximum absolute atomic E-state index is 9.82. The van der Waals surface area contributed by atoms with Crippen LogP contribution < -0.4 is 0 Å². The van der Waals surface area contributed by atoms with E-state index in [2.05, 4.69) is 10.8 Å². The minimum absolute atomic E-state index is 0.211. The van der Waals surface area contributed by atoms with Crippen molar-refractivity contribution in [3.63, 3.8) is 0 Å². The standard InChI is InChI=1S/C11H7N.C4H8O2/c12-8-9-5-6-10-3-1-2-4-11(10)7-9;1-3-6-4(2)5/h1-7H;3H2,1-2H3. The molecule has 2 aromatic carbocycles. The molecule has 0 unspecified atom stereocenters. The summed E-state index contributed by atoms with van der Waals surface area (Å²) in [5.74, 6) is -0.211. The quantitative estimate of drug-likeness (QED) is 0.720. The Labute approximate surface area is 107 Å². The first kappa shape index (κ1) is 13.7. The monoisotopic (exact) mass is 241 g/mol. The van der Waals surface area contributed by atoms with Crippen LogP contribution in [0.5, 0.6) is 0 Å². The summed E-state index contributed by atoms with van der Waals surface area (Å²) in [6.07, 6.45) is 0. The molecule has 0 atom stereocenters. The zero-order valence-electron chi connectivity index (χ0n) is 10.5. The Hall–Kier alpha value is -2.34. The van der Waals surface area contributed by atoms with Gasteiger partial charge in [-0.1, -0.05) is 30.3 Å². The molecule has 0 spiro atoms. The van der Waals surface area contributed by atoms with Crippen LogP contribution in [0, 0.1) is 11.3 Å². The fourth-order valence-electron chi connectivity index (χ4n) is 1.46. The number of nitrogens with zero attached hydrogens (tertiary/aromatic N) is 1. The predicted octanol–water partition coefficient (Wildman–Crippen LogP) is 3.28. The second kappa shape index (κ2) is 7.08. The lowest BCUT2D eigenvalue weighted by Crippen LogP contribution is -1.95. The number of rotatable bonds is 1. The minimum atomic E-state index is -0.211. The first-order valence-corrected chi connectivity index (χ1v) is 5.69. The van der Waals surface area contributed by atoms with E-state index in [0.29, 0.717) is 12.2 Å².